The number of aliphatic hydroxyl groups is 1. The van der Waals surface area contributed by atoms with Crippen molar-refractivity contribution in [1.82, 2.24) is 9.78 Å². The van der Waals surface area contributed by atoms with Crippen LogP contribution in [0.3, 0.4) is 0 Å². The van der Waals surface area contributed by atoms with E-state index in [1.165, 1.54) is 5.56 Å². The molecule has 1 atom stereocenters. The van der Waals surface area contributed by atoms with Crippen LogP contribution in [-0.2, 0) is 12.0 Å². The maximum Gasteiger partial charge on any atom is 0.0708 e. The summed E-state index contributed by atoms with van der Waals surface area (Å²) in [7, 11) is 0. The zero-order valence-corrected chi connectivity index (χ0v) is 8.78. The van der Waals surface area contributed by atoms with Crippen molar-refractivity contribution in [3.05, 3.63) is 18.0 Å². The van der Waals surface area contributed by atoms with Crippen molar-refractivity contribution in [2.75, 3.05) is 0 Å². The van der Waals surface area contributed by atoms with Gasteiger partial charge in [-0.3, -0.25) is 4.68 Å². The van der Waals surface area contributed by atoms with Crippen LogP contribution in [0.5, 0.6) is 0 Å². The van der Waals surface area contributed by atoms with Crippen LogP contribution in [0.25, 0.3) is 0 Å². The molecule has 74 valence electrons. The highest BCUT2D eigenvalue weighted by Gasteiger charge is 2.15. The molecule has 0 saturated heterocycles. The van der Waals surface area contributed by atoms with Gasteiger partial charge in [-0.2, -0.15) is 5.10 Å². The van der Waals surface area contributed by atoms with E-state index >= 15 is 0 Å². The molecule has 0 aromatic carbocycles. The molecule has 3 nitrogen and oxygen atoms in total. The second kappa shape index (κ2) is 3.50. The second-order valence-corrected chi connectivity index (χ2v) is 4.55. The second-order valence-electron chi connectivity index (χ2n) is 4.55. The van der Waals surface area contributed by atoms with Crippen LogP contribution in [0.2, 0.25) is 0 Å². The molecule has 0 fully saturated rings. The Kier molecular flexibility index (Phi) is 2.76. The molecule has 1 aromatic rings. The Morgan fingerprint density at radius 2 is 2.15 bits per heavy atom. The van der Waals surface area contributed by atoms with E-state index in [9.17, 15) is 0 Å². The fourth-order valence-corrected chi connectivity index (χ4v) is 1.12. The first-order valence-corrected chi connectivity index (χ1v) is 4.60. The first-order valence-electron chi connectivity index (χ1n) is 4.60. The third kappa shape index (κ3) is 2.84. The summed E-state index contributed by atoms with van der Waals surface area (Å²) in [5.41, 5.74) is 1.34. The van der Waals surface area contributed by atoms with Gasteiger partial charge in [-0.1, -0.05) is 20.8 Å². The highest BCUT2D eigenvalue weighted by Crippen LogP contribution is 2.20. The van der Waals surface area contributed by atoms with E-state index in [2.05, 4.69) is 25.9 Å². The van der Waals surface area contributed by atoms with Crippen molar-refractivity contribution < 1.29 is 5.11 Å². The number of nitrogens with zero attached hydrogens (tertiary/aromatic N) is 2. The standard InChI is InChI=1S/C10H18N2O/c1-8(13)6-12-7-9(5-11-12)10(2,3)4/h5,7-8,13H,6H2,1-4H3/t8-/m1/s1. The Labute approximate surface area is 79.4 Å². The molecule has 0 aliphatic heterocycles. The van der Waals surface area contributed by atoms with Crippen LogP contribution in [-0.4, -0.2) is 21.0 Å². The van der Waals surface area contributed by atoms with Crippen LogP contribution < -0.4 is 0 Å². The Morgan fingerprint density at radius 3 is 2.54 bits per heavy atom. The molecule has 1 aromatic heterocycles. The highest BCUT2D eigenvalue weighted by molar-refractivity contribution is 5.14. The summed E-state index contributed by atoms with van der Waals surface area (Å²) in [6.07, 6.45) is 3.52. The van der Waals surface area contributed by atoms with Gasteiger partial charge in [0.15, 0.2) is 0 Å². The molecule has 1 heterocycles. The summed E-state index contributed by atoms with van der Waals surface area (Å²) in [5.74, 6) is 0. The van der Waals surface area contributed by atoms with Crippen LogP contribution >= 0.6 is 0 Å². The molecule has 0 bridgehead atoms. The summed E-state index contributed by atoms with van der Waals surface area (Å²) in [4.78, 5) is 0. The van der Waals surface area contributed by atoms with Crippen LogP contribution in [0, 0.1) is 0 Å². The molecule has 1 rings (SSSR count). The summed E-state index contributed by atoms with van der Waals surface area (Å²) in [6, 6.07) is 0. The Balaban J connectivity index is 2.75. The molecule has 3 heteroatoms. The maximum absolute atomic E-state index is 9.16. The average Bonchev–Trinajstić information content (AvgIpc) is 2.32. The van der Waals surface area contributed by atoms with Gasteiger partial charge in [0.1, 0.15) is 0 Å². The van der Waals surface area contributed by atoms with Gasteiger partial charge >= 0.3 is 0 Å². The minimum absolute atomic E-state index is 0.136. The number of rotatable bonds is 2. The first kappa shape index (κ1) is 10.3. The van der Waals surface area contributed by atoms with Crippen molar-refractivity contribution >= 4 is 0 Å². The number of hydrogen-bond acceptors (Lipinski definition) is 2. The third-order valence-corrected chi connectivity index (χ3v) is 1.95. The lowest BCUT2D eigenvalue weighted by Crippen LogP contribution is -2.13. The van der Waals surface area contributed by atoms with Crippen molar-refractivity contribution in [1.29, 1.82) is 0 Å². The van der Waals surface area contributed by atoms with E-state index in [-0.39, 0.29) is 11.5 Å². The van der Waals surface area contributed by atoms with E-state index in [1.807, 2.05) is 12.4 Å². The summed E-state index contributed by atoms with van der Waals surface area (Å²) >= 11 is 0. The van der Waals surface area contributed by atoms with E-state index in [0.717, 1.165) is 0 Å². The van der Waals surface area contributed by atoms with Gasteiger partial charge in [0.25, 0.3) is 0 Å². The number of aromatic nitrogens is 2. The van der Waals surface area contributed by atoms with Gasteiger partial charge in [0.2, 0.25) is 0 Å². The third-order valence-electron chi connectivity index (χ3n) is 1.95. The van der Waals surface area contributed by atoms with Gasteiger partial charge in [0.05, 0.1) is 18.8 Å². The molecule has 0 spiro atoms. The normalized spacial score (nSPS) is 14.5. The van der Waals surface area contributed by atoms with Crippen molar-refractivity contribution in [3.63, 3.8) is 0 Å². The van der Waals surface area contributed by atoms with Crippen LogP contribution in [0.4, 0.5) is 0 Å². The van der Waals surface area contributed by atoms with Crippen molar-refractivity contribution in [2.24, 2.45) is 0 Å². The molecule has 0 radical (unpaired) electrons. The molecule has 0 aliphatic carbocycles. The highest BCUT2D eigenvalue weighted by atomic mass is 16.3. The van der Waals surface area contributed by atoms with Crippen LogP contribution in [0.15, 0.2) is 12.4 Å². The predicted molar refractivity (Wildman–Crippen MR) is 52.6 cm³/mol. The Bertz CT molecular complexity index is 271. The predicted octanol–water partition coefficient (Wildman–Crippen LogP) is 1.56. The summed E-state index contributed by atoms with van der Waals surface area (Å²) in [6.45, 7) is 8.78. The van der Waals surface area contributed by atoms with Gasteiger partial charge in [-0.25, -0.2) is 0 Å². The quantitative estimate of drug-likeness (QED) is 0.753. The van der Waals surface area contributed by atoms with Gasteiger partial charge < -0.3 is 5.11 Å². The first-order chi connectivity index (χ1) is 5.89. The monoisotopic (exact) mass is 182 g/mol. The molecule has 13 heavy (non-hydrogen) atoms. The lowest BCUT2D eigenvalue weighted by Gasteiger charge is -2.15. The van der Waals surface area contributed by atoms with E-state index in [1.54, 1.807) is 11.6 Å². The van der Waals surface area contributed by atoms with Crippen molar-refractivity contribution in [2.45, 2.75) is 45.8 Å². The molecule has 0 unspecified atom stereocenters. The largest absolute Gasteiger partial charge is 0.391 e. The van der Waals surface area contributed by atoms with Crippen LogP contribution in [0.1, 0.15) is 33.3 Å². The van der Waals surface area contributed by atoms with E-state index in [4.69, 9.17) is 5.11 Å². The number of hydrogen-bond donors (Lipinski definition) is 1. The van der Waals surface area contributed by atoms with E-state index < -0.39 is 0 Å². The topological polar surface area (TPSA) is 38.0 Å². The smallest absolute Gasteiger partial charge is 0.0708 e. The molecule has 0 amide bonds. The Morgan fingerprint density at radius 1 is 1.54 bits per heavy atom. The fourth-order valence-electron chi connectivity index (χ4n) is 1.12. The van der Waals surface area contributed by atoms with Crippen molar-refractivity contribution in [3.8, 4) is 0 Å². The zero-order chi connectivity index (χ0) is 10.1. The lowest BCUT2D eigenvalue weighted by molar-refractivity contribution is 0.168. The SMILES string of the molecule is C[C@@H](O)Cn1cc(C(C)(C)C)cn1. The number of aliphatic hydroxyl groups excluding tert-OH is 1. The molecule has 0 aliphatic rings. The molecule has 0 saturated carbocycles. The Hall–Kier alpha value is -0.830. The van der Waals surface area contributed by atoms with Gasteiger partial charge in [0, 0.05) is 6.20 Å². The van der Waals surface area contributed by atoms with Gasteiger partial charge in [-0.15, -0.1) is 0 Å². The summed E-state index contributed by atoms with van der Waals surface area (Å²) < 4.78 is 1.78. The minimum Gasteiger partial charge on any atom is -0.391 e. The van der Waals surface area contributed by atoms with Gasteiger partial charge in [-0.05, 0) is 17.9 Å². The van der Waals surface area contributed by atoms with E-state index in [0.29, 0.717) is 6.54 Å². The molecular weight excluding hydrogens is 164 g/mol. The molecular formula is C10H18N2O. The fraction of sp³-hybridized carbons (Fsp3) is 0.700. The lowest BCUT2D eigenvalue weighted by atomic mass is 9.90. The summed E-state index contributed by atoms with van der Waals surface area (Å²) in [5, 5.41) is 13.3. The molecule has 1 N–H and O–H groups in total. The average molecular weight is 182 g/mol. The minimum atomic E-state index is -0.340. The zero-order valence-electron chi connectivity index (χ0n) is 8.78. The maximum atomic E-state index is 9.16.